The first-order valence-electron chi connectivity index (χ1n) is 16.3. The Bertz CT molecular complexity index is 1570. The van der Waals surface area contributed by atoms with Crippen molar-refractivity contribution in [2.45, 2.75) is 51.4 Å². The number of amides is 1. The molecule has 11 nitrogen and oxygen atoms in total. The highest BCUT2D eigenvalue weighted by atomic mass is 16.5. The zero-order chi connectivity index (χ0) is 32.8. The van der Waals surface area contributed by atoms with Crippen LogP contribution in [0.4, 0.5) is 0 Å². The number of benzene rings is 2. The number of carbonyl (C=O) groups excluding carboxylic acids is 1. The largest absolute Gasteiger partial charge is 0.481 e. The number of ether oxygens (including phenoxy) is 3. The Balaban J connectivity index is 1.38. The summed E-state index contributed by atoms with van der Waals surface area (Å²) in [6.45, 7) is 10.2. The highest BCUT2D eigenvalue weighted by Crippen LogP contribution is 2.37. The number of methoxy groups -OCH3 is 1. The molecule has 2 aromatic heterocycles. The normalized spacial score (nSPS) is 18.6. The number of hydrogen-bond acceptors (Lipinski definition) is 10. The summed E-state index contributed by atoms with van der Waals surface area (Å²) in [6.07, 6.45) is 4.59. The summed E-state index contributed by atoms with van der Waals surface area (Å²) in [7, 11) is 1.61. The van der Waals surface area contributed by atoms with Crippen molar-refractivity contribution in [3.05, 3.63) is 102 Å². The average molecular weight is 638 g/mol. The Labute approximate surface area is 276 Å². The Morgan fingerprint density at radius 2 is 1.62 bits per heavy atom. The van der Waals surface area contributed by atoms with Gasteiger partial charge in [-0.3, -0.25) is 19.6 Å². The van der Waals surface area contributed by atoms with Gasteiger partial charge in [0.05, 0.1) is 31.6 Å². The van der Waals surface area contributed by atoms with Crippen LogP contribution in [0.25, 0.3) is 0 Å². The second-order valence-corrected chi connectivity index (χ2v) is 12.2. The van der Waals surface area contributed by atoms with E-state index < -0.39 is 0 Å². The molecule has 0 radical (unpaired) electrons. The van der Waals surface area contributed by atoms with Crippen molar-refractivity contribution < 1.29 is 19.0 Å². The summed E-state index contributed by atoms with van der Waals surface area (Å²) >= 11 is 0. The molecule has 2 atom stereocenters. The Kier molecular flexibility index (Phi) is 10.2. The van der Waals surface area contributed by atoms with Crippen LogP contribution in [0.15, 0.2) is 79.3 Å². The molecule has 47 heavy (non-hydrogen) atoms. The lowest BCUT2D eigenvalue weighted by atomic mass is 9.81. The molecule has 0 saturated carbocycles. The molecule has 2 saturated heterocycles. The lowest BCUT2D eigenvalue weighted by molar-refractivity contribution is -0.0294. The topological polar surface area (TPSA) is 106 Å². The average Bonchev–Trinajstić information content (AvgIpc) is 3.10. The molecule has 0 spiro atoms. The first kappa shape index (κ1) is 32.3. The van der Waals surface area contributed by atoms with Crippen LogP contribution in [0.5, 0.6) is 17.8 Å². The number of hydrogen-bond donors (Lipinski definition) is 0. The summed E-state index contributed by atoms with van der Waals surface area (Å²) in [5.41, 5.74) is 3.65. The van der Waals surface area contributed by atoms with Gasteiger partial charge in [-0.25, -0.2) is 4.98 Å². The van der Waals surface area contributed by atoms with Crippen molar-refractivity contribution in [2.24, 2.45) is 0 Å². The van der Waals surface area contributed by atoms with E-state index in [0.717, 1.165) is 25.2 Å². The van der Waals surface area contributed by atoms with E-state index in [4.69, 9.17) is 14.2 Å². The van der Waals surface area contributed by atoms with Crippen molar-refractivity contribution in [2.75, 3.05) is 46.4 Å². The first-order chi connectivity index (χ1) is 22.9. The molecule has 2 aliphatic rings. The van der Waals surface area contributed by atoms with Crippen molar-refractivity contribution in [3.63, 3.8) is 0 Å². The minimum absolute atomic E-state index is 0.0714. The molecule has 0 N–H and O–H groups in total. The van der Waals surface area contributed by atoms with Crippen molar-refractivity contribution in [1.82, 2.24) is 34.6 Å². The summed E-state index contributed by atoms with van der Waals surface area (Å²) < 4.78 is 17.7. The van der Waals surface area contributed by atoms with Gasteiger partial charge in [0.15, 0.2) is 0 Å². The van der Waals surface area contributed by atoms with Crippen molar-refractivity contribution in [3.8, 4) is 17.8 Å². The van der Waals surface area contributed by atoms with Gasteiger partial charge in [0.25, 0.3) is 5.91 Å². The van der Waals surface area contributed by atoms with E-state index in [0.29, 0.717) is 43.7 Å². The van der Waals surface area contributed by atoms with Crippen LogP contribution < -0.4 is 14.2 Å². The van der Waals surface area contributed by atoms with E-state index in [-0.39, 0.29) is 36.0 Å². The molecule has 0 bridgehead atoms. The van der Waals surface area contributed by atoms with Crippen LogP contribution in [0.2, 0.25) is 0 Å². The Hall–Kier alpha value is -4.61. The zero-order valence-corrected chi connectivity index (χ0v) is 27.5. The third-order valence-electron chi connectivity index (χ3n) is 8.75. The maximum atomic E-state index is 13.6. The highest BCUT2D eigenvalue weighted by molar-refractivity contribution is 5.92. The number of aromatic nitrogens is 4. The lowest BCUT2D eigenvalue weighted by Gasteiger charge is -2.53. The molecule has 2 aliphatic heterocycles. The number of piperazine rings is 2. The molecule has 2 fully saturated rings. The Morgan fingerprint density at radius 1 is 0.915 bits per heavy atom. The predicted octanol–water partition coefficient (Wildman–Crippen LogP) is 4.30. The van der Waals surface area contributed by atoms with Crippen LogP contribution in [-0.2, 0) is 6.54 Å². The molecule has 1 amide bonds. The summed E-state index contributed by atoms with van der Waals surface area (Å²) in [5.74, 6) is 0.905. The third-order valence-corrected chi connectivity index (χ3v) is 8.75. The van der Waals surface area contributed by atoms with E-state index in [2.05, 4.69) is 90.4 Å². The molecule has 6 rings (SSSR count). The fraction of sp³-hybridized carbons (Fsp3) is 0.417. The zero-order valence-electron chi connectivity index (χ0n) is 27.5. The smallest absolute Gasteiger partial charge is 0.323 e. The van der Waals surface area contributed by atoms with Gasteiger partial charge in [0.2, 0.25) is 11.8 Å². The number of fused-ring (bicyclic) bond motifs is 1. The molecule has 0 aliphatic carbocycles. The van der Waals surface area contributed by atoms with Crippen LogP contribution in [0.1, 0.15) is 53.9 Å². The second-order valence-electron chi connectivity index (χ2n) is 12.2. The van der Waals surface area contributed by atoms with Crippen LogP contribution >= 0.6 is 0 Å². The van der Waals surface area contributed by atoms with Crippen LogP contribution in [0, 0.1) is 0 Å². The predicted molar refractivity (Wildman–Crippen MR) is 178 cm³/mol. The van der Waals surface area contributed by atoms with Gasteiger partial charge in [0, 0.05) is 69.7 Å². The maximum Gasteiger partial charge on any atom is 0.323 e. The molecule has 246 valence electrons. The summed E-state index contributed by atoms with van der Waals surface area (Å²) in [5, 5.41) is 0. The Morgan fingerprint density at radius 3 is 2.23 bits per heavy atom. The molecular formula is C36H43N7O4. The molecule has 0 unspecified atom stereocenters. The van der Waals surface area contributed by atoms with E-state index >= 15 is 0 Å². The van der Waals surface area contributed by atoms with Crippen LogP contribution in [-0.4, -0.2) is 105 Å². The quantitative estimate of drug-likeness (QED) is 0.236. The fourth-order valence-electron chi connectivity index (χ4n) is 6.82. The molecular weight excluding hydrogens is 594 g/mol. The van der Waals surface area contributed by atoms with E-state index in [1.165, 1.54) is 11.1 Å². The summed E-state index contributed by atoms with van der Waals surface area (Å²) in [6, 6.07) is 21.9. The monoisotopic (exact) mass is 637 g/mol. The van der Waals surface area contributed by atoms with E-state index in [9.17, 15) is 4.79 Å². The first-order valence-corrected chi connectivity index (χ1v) is 16.3. The van der Waals surface area contributed by atoms with Gasteiger partial charge in [-0.1, -0.05) is 60.7 Å². The van der Waals surface area contributed by atoms with Gasteiger partial charge >= 0.3 is 6.01 Å². The molecule has 2 aromatic carbocycles. The molecule has 4 heterocycles. The van der Waals surface area contributed by atoms with Gasteiger partial charge < -0.3 is 19.1 Å². The van der Waals surface area contributed by atoms with Crippen molar-refractivity contribution >= 4 is 5.91 Å². The summed E-state index contributed by atoms with van der Waals surface area (Å²) in [4.78, 5) is 38.1. The van der Waals surface area contributed by atoms with Gasteiger partial charge in [-0.2, -0.15) is 9.97 Å². The minimum atomic E-state index is -0.105. The SMILES string of the molecule is CCOc1nc(OC)c(CN2C[C@@H]3CN(C(=O)c4cnccn4)CCN3[C@H](C(c3ccccc3)c3ccccc3)C2)c(OC(C)C)n1. The van der Waals surface area contributed by atoms with E-state index in [1.807, 2.05) is 25.7 Å². The fourth-order valence-corrected chi connectivity index (χ4v) is 6.82. The lowest BCUT2D eigenvalue weighted by Crippen LogP contribution is -2.67. The van der Waals surface area contributed by atoms with E-state index in [1.54, 1.807) is 25.7 Å². The van der Waals surface area contributed by atoms with Crippen LogP contribution in [0.3, 0.4) is 0 Å². The number of rotatable bonds is 11. The van der Waals surface area contributed by atoms with Crippen molar-refractivity contribution in [1.29, 1.82) is 0 Å². The van der Waals surface area contributed by atoms with Gasteiger partial charge in [0.1, 0.15) is 5.69 Å². The minimum Gasteiger partial charge on any atom is -0.481 e. The second kappa shape index (κ2) is 14.9. The maximum absolute atomic E-state index is 13.6. The standard InChI is InChI=1S/C36H43N7O4/c1-5-46-36-39-33(45-4)29(34(40-36)47-25(2)3)23-41-21-28-22-42(35(44)30-20-37-16-17-38-30)18-19-43(28)31(24-41)32(26-12-8-6-9-13-26)27-14-10-7-11-15-27/h6-17,20,25,28,31-32H,5,18-19,21-24H2,1-4H3/t28-,31+/m1/s1. The number of carbonyl (C=O) groups is 1. The third kappa shape index (κ3) is 7.36. The molecule has 11 heteroatoms. The van der Waals surface area contributed by atoms with Gasteiger partial charge in [-0.15, -0.1) is 0 Å². The molecule has 4 aromatic rings. The van der Waals surface area contributed by atoms with Gasteiger partial charge in [-0.05, 0) is 31.9 Å². The number of nitrogens with zero attached hydrogens (tertiary/aromatic N) is 7. The highest BCUT2D eigenvalue weighted by Gasteiger charge is 2.43.